The number of rotatable bonds is 4. The van der Waals surface area contributed by atoms with Crippen LogP contribution < -0.4 is 19.6 Å². The molecule has 0 aliphatic heterocycles. The van der Waals surface area contributed by atoms with Gasteiger partial charge in [0.1, 0.15) is 24.4 Å². The van der Waals surface area contributed by atoms with Crippen LogP contribution in [0.15, 0.2) is 54.7 Å². The maximum Gasteiger partial charge on any atom is 0.418 e. The first-order valence-corrected chi connectivity index (χ1v) is 8.99. The predicted octanol–water partition coefficient (Wildman–Crippen LogP) is 3.44. The maximum absolute atomic E-state index is 12.4. The molecule has 0 atom stereocenters. The van der Waals surface area contributed by atoms with Gasteiger partial charge in [-0.05, 0) is 18.2 Å². The largest absolute Gasteiger partial charge is 0.418 e. The first-order chi connectivity index (χ1) is 13.3. The van der Waals surface area contributed by atoms with Crippen molar-refractivity contribution in [1.29, 1.82) is 0 Å². The number of nitrogens with zero attached hydrogens (tertiary/aromatic N) is 3. The van der Waals surface area contributed by atoms with E-state index in [1.54, 1.807) is 40.8 Å². The molecule has 3 rings (SSSR count). The Labute approximate surface area is 164 Å². The molecule has 7 heteroatoms. The Kier molecular flexibility index (Phi) is 5.35. The van der Waals surface area contributed by atoms with Gasteiger partial charge in [0, 0.05) is 29.2 Å². The molecule has 1 aromatic carbocycles. The highest BCUT2D eigenvalue weighted by molar-refractivity contribution is 5.85. The van der Waals surface area contributed by atoms with Crippen molar-refractivity contribution < 1.29 is 19.1 Å². The first kappa shape index (κ1) is 19.4. The van der Waals surface area contributed by atoms with Gasteiger partial charge in [-0.3, -0.25) is 10.2 Å². The molecule has 0 fully saturated rings. The van der Waals surface area contributed by atoms with Crippen LogP contribution in [-0.2, 0) is 5.41 Å². The molecule has 146 valence electrons. The van der Waals surface area contributed by atoms with Crippen LogP contribution in [0.4, 0.5) is 10.6 Å². The molecule has 0 unspecified atom stereocenters. The van der Waals surface area contributed by atoms with Crippen LogP contribution in [0.1, 0.15) is 32.2 Å². The lowest BCUT2D eigenvalue weighted by Crippen LogP contribution is -2.43. The van der Waals surface area contributed by atoms with Crippen LogP contribution >= 0.6 is 0 Å². The van der Waals surface area contributed by atoms with Crippen molar-refractivity contribution in [2.75, 3.05) is 12.4 Å². The van der Waals surface area contributed by atoms with Crippen molar-refractivity contribution in [1.82, 2.24) is 9.78 Å². The van der Waals surface area contributed by atoms with Gasteiger partial charge in [-0.2, -0.15) is 5.10 Å². The molecule has 0 aliphatic rings. The second kappa shape index (κ2) is 7.72. The number of hydrogen-bond acceptors (Lipinski definition) is 4. The number of pyridine rings is 1. The SMILES string of the molecule is CO[n+]1cc(-n2nc(C(C)(C)C)cc2NC(=O)Oc2ccccc2)ccc1C. The topological polar surface area (TPSA) is 69.3 Å². The standard InChI is InChI=1S/C21H24N4O3/c1-15-11-12-16(14-24(15)27-5)25-19(13-18(23-25)21(2,3)4)22-20(26)28-17-9-7-6-8-10-17/h6-14H,1-5H3/p+1. The summed E-state index contributed by atoms with van der Waals surface area (Å²) in [5.41, 5.74) is 2.34. The molecule has 0 aliphatic carbocycles. The van der Waals surface area contributed by atoms with Gasteiger partial charge < -0.3 is 4.74 Å². The lowest BCUT2D eigenvalue weighted by Gasteiger charge is -2.13. The molecule has 0 saturated carbocycles. The van der Waals surface area contributed by atoms with Gasteiger partial charge in [-0.1, -0.05) is 39.0 Å². The minimum Gasteiger partial charge on any atom is -0.410 e. The van der Waals surface area contributed by atoms with Crippen LogP contribution in [0.2, 0.25) is 0 Å². The van der Waals surface area contributed by atoms with E-state index in [1.165, 1.54) is 0 Å². The summed E-state index contributed by atoms with van der Waals surface area (Å²) in [5, 5.41) is 7.49. The zero-order valence-corrected chi connectivity index (χ0v) is 16.8. The van der Waals surface area contributed by atoms with E-state index < -0.39 is 6.09 Å². The third-order valence-corrected chi connectivity index (χ3v) is 4.20. The summed E-state index contributed by atoms with van der Waals surface area (Å²) in [5.74, 6) is 0.979. The highest BCUT2D eigenvalue weighted by Gasteiger charge is 2.23. The maximum atomic E-state index is 12.4. The number of aryl methyl sites for hydroxylation is 1. The number of benzene rings is 1. The van der Waals surface area contributed by atoms with E-state index in [0.717, 1.165) is 17.1 Å². The summed E-state index contributed by atoms with van der Waals surface area (Å²) >= 11 is 0. The highest BCUT2D eigenvalue weighted by Crippen LogP contribution is 2.26. The van der Waals surface area contributed by atoms with Crippen molar-refractivity contribution in [2.24, 2.45) is 0 Å². The van der Waals surface area contributed by atoms with Crippen molar-refractivity contribution in [3.8, 4) is 11.4 Å². The second-order valence-corrected chi connectivity index (χ2v) is 7.44. The number of para-hydroxylation sites is 1. The van der Waals surface area contributed by atoms with Crippen LogP contribution in [0.25, 0.3) is 5.69 Å². The van der Waals surface area contributed by atoms with E-state index in [1.807, 2.05) is 37.4 Å². The molecule has 28 heavy (non-hydrogen) atoms. The van der Waals surface area contributed by atoms with Gasteiger partial charge in [-0.15, -0.1) is 0 Å². The zero-order chi connectivity index (χ0) is 20.3. The molecule has 0 saturated heterocycles. The Morgan fingerprint density at radius 2 is 1.86 bits per heavy atom. The number of carbonyl (C=O) groups is 1. The summed E-state index contributed by atoms with van der Waals surface area (Å²) in [6.07, 6.45) is 1.22. The number of anilines is 1. The van der Waals surface area contributed by atoms with E-state index in [-0.39, 0.29) is 5.41 Å². The third kappa shape index (κ3) is 4.31. The normalized spacial score (nSPS) is 11.2. The van der Waals surface area contributed by atoms with Crippen LogP contribution in [-0.4, -0.2) is 23.0 Å². The lowest BCUT2D eigenvalue weighted by molar-refractivity contribution is -0.889. The summed E-state index contributed by atoms with van der Waals surface area (Å²) < 4.78 is 8.65. The molecule has 1 amide bonds. The van der Waals surface area contributed by atoms with Crippen LogP contribution in [0, 0.1) is 6.92 Å². The number of amides is 1. The minimum absolute atomic E-state index is 0.188. The van der Waals surface area contributed by atoms with Crippen molar-refractivity contribution >= 4 is 11.9 Å². The van der Waals surface area contributed by atoms with E-state index >= 15 is 0 Å². The summed E-state index contributed by atoms with van der Waals surface area (Å²) in [7, 11) is 1.59. The molecule has 2 aromatic heterocycles. The lowest BCUT2D eigenvalue weighted by atomic mass is 9.92. The molecule has 2 heterocycles. The van der Waals surface area contributed by atoms with Gasteiger partial charge in [0.05, 0.1) is 5.69 Å². The monoisotopic (exact) mass is 381 g/mol. The average molecular weight is 381 g/mol. The Morgan fingerprint density at radius 3 is 2.50 bits per heavy atom. The third-order valence-electron chi connectivity index (χ3n) is 4.20. The fourth-order valence-electron chi connectivity index (χ4n) is 2.63. The molecule has 1 N–H and O–H groups in total. The Morgan fingerprint density at radius 1 is 1.14 bits per heavy atom. The number of aromatic nitrogens is 3. The predicted molar refractivity (Wildman–Crippen MR) is 106 cm³/mol. The number of hydrogen-bond donors (Lipinski definition) is 1. The van der Waals surface area contributed by atoms with E-state index in [2.05, 4.69) is 26.1 Å². The van der Waals surface area contributed by atoms with Gasteiger partial charge in [0.2, 0.25) is 11.9 Å². The molecule has 0 bridgehead atoms. The quantitative estimate of drug-likeness (QED) is 0.703. The fraction of sp³-hybridized carbons (Fsp3) is 0.286. The molecule has 7 nitrogen and oxygen atoms in total. The Balaban J connectivity index is 1.95. The highest BCUT2D eigenvalue weighted by atomic mass is 16.6. The average Bonchev–Trinajstić information content (AvgIpc) is 3.07. The van der Waals surface area contributed by atoms with Crippen LogP contribution in [0.3, 0.4) is 0 Å². The first-order valence-electron chi connectivity index (χ1n) is 8.99. The van der Waals surface area contributed by atoms with Gasteiger partial charge >= 0.3 is 6.09 Å². The minimum atomic E-state index is -0.584. The Bertz CT molecular complexity index is 975. The zero-order valence-electron chi connectivity index (χ0n) is 16.8. The number of carbonyl (C=O) groups excluding carboxylic acids is 1. The van der Waals surface area contributed by atoms with Crippen molar-refractivity contribution in [3.05, 3.63) is 66.1 Å². The van der Waals surface area contributed by atoms with E-state index in [0.29, 0.717) is 11.6 Å². The van der Waals surface area contributed by atoms with Crippen LogP contribution in [0.5, 0.6) is 5.75 Å². The molecule has 0 radical (unpaired) electrons. The Hall–Kier alpha value is -3.35. The molecule has 0 spiro atoms. The van der Waals surface area contributed by atoms with Gasteiger partial charge in [-0.25, -0.2) is 9.48 Å². The summed E-state index contributed by atoms with van der Waals surface area (Å²) in [6.45, 7) is 8.13. The molecular weight excluding hydrogens is 356 g/mol. The second-order valence-electron chi connectivity index (χ2n) is 7.44. The summed E-state index contributed by atoms with van der Waals surface area (Å²) in [6, 6.07) is 14.6. The number of nitrogens with one attached hydrogen (secondary N) is 1. The van der Waals surface area contributed by atoms with Crippen molar-refractivity contribution in [3.63, 3.8) is 0 Å². The molecule has 3 aromatic rings. The van der Waals surface area contributed by atoms with Gasteiger partial charge in [0.15, 0.2) is 0 Å². The van der Waals surface area contributed by atoms with Gasteiger partial charge in [0.25, 0.3) is 0 Å². The fourth-order valence-corrected chi connectivity index (χ4v) is 2.63. The smallest absolute Gasteiger partial charge is 0.410 e. The number of ether oxygens (including phenoxy) is 1. The van der Waals surface area contributed by atoms with Crippen molar-refractivity contribution in [2.45, 2.75) is 33.1 Å². The molecular formula is C21H25N4O3+. The van der Waals surface area contributed by atoms with E-state index in [4.69, 9.17) is 14.7 Å². The van der Waals surface area contributed by atoms with E-state index in [9.17, 15) is 4.79 Å². The summed E-state index contributed by atoms with van der Waals surface area (Å²) in [4.78, 5) is 17.7.